The molecule has 0 radical (unpaired) electrons. The van der Waals surface area contributed by atoms with Crippen LogP contribution in [0.5, 0.6) is 0 Å². The minimum Gasteiger partial charge on any atom is -0.353 e. The second-order valence-corrected chi connectivity index (χ2v) is 7.94. The molecule has 0 heterocycles. The van der Waals surface area contributed by atoms with Gasteiger partial charge in [0, 0.05) is 18.0 Å². The molecule has 3 nitrogen and oxygen atoms in total. The number of nitrogens with one attached hydrogen (secondary N) is 1. The fourth-order valence-electron chi connectivity index (χ4n) is 4.97. The molecule has 0 aromatic carbocycles. The van der Waals surface area contributed by atoms with Crippen LogP contribution in [0, 0.1) is 22.7 Å². The molecule has 3 heteroatoms. The summed E-state index contributed by atoms with van der Waals surface area (Å²) >= 11 is 0. The molecule has 2 bridgehead atoms. The molecular formula is C16H28N2O. The van der Waals surface area contributed by atoms with Gasteiger partial charge in [-0.2, -0.15) is 0 Å². The van der Waals surface area contributed by atoms with E-state index in [-0.39, 0.29) is 23.3 Å². The van der Waals surface area contributed by atoms with Gasteiger partial charge in [-0.1, -0.05) is 20.8 Å². The molecule has 3 fully saturated rings. The number of carbonyl (C=O) groups is 1. The predicted octanol–water partition coefficient (Wildman–Crippen LogP) is 2.44. The van der Waals surface area contributed by atoms with Gasteiger partial charge in [-0.25, -0.2) is 0 Å². The summed E-state index contributed by atoms with van der Waals surface area (Å²) in [6.45, 7) is 7.16. The zero-order chi connectivity index (χ0) is 13.8. The van der Waals surface area contributed by atoms with Gasteiger partial charge in [-0.05, 0) is 55.3 Å². The second kappa shape index (κ2) is 4.21. The van der Waals surface area contributed by atoms with E-state index >= 15 is 0 Å². The summed E-state index contributed by atoms with van der Waals surface area (Å²) in [5.41, 5.74) is 6.58. The van der Waals surface area contributed by atoms with E-state index in [9.17, 15) is 4.79 Å². The van der Waals surface area contributed by atoms with E-state index in [1.54, 1.807) is 0 Å². The van der Waals surface area contributed by atoms with Gasteiger partial charge in [-0.15, -0.1) is 0 Å². The predicted molar refractivity (Wildman–Crippen MR) is 76.5 cm³/mol. The van der Waals surface area contributed by atoms with Crippen LogP contribution in [-0.4, -0.2) is 18.0 Å². The van der Waals surface area contributed by atoms with Gasteiger partial charge in [0.1, 0.15) is 0 Å². The van der Waals surface area contributed by atoms with E-state index in [0.29, 0.717) is 11.5 Å². The molecule has 0 spiro atoms. The van der Waals surface area contributed by atoms with Gasteiger partial charge in [0.25, 0.3) is 0 Å². The van der Waals surface area contributed by atoms with Crippen LogP contribution in [0.3, 0.4) is 0 Å². The second-order valence-electron chi connectivity index (χ2n) is 7.94. The number of carbonyl (C=O) groups excluding carboxylic acids is 1. The highest BCUT2D eigenvalue weighted by atomic mass is 16.2. The average molecular weight is 264 g/mol. The highest BCUT2D eigenvalue weighted by Crippen LogP contribution is 2.65. The Balaban J connectivity index is 1.67. The maximum Gasteiger partial charge on any atom is 0.223 e. The molecule has 0 aromatic rings. The van der Waals surface area contributed by atoms with Crippen LogP contribution in [0.25, 0.3) is 0 Å². The molecular weight excluding hydrogens is 236 g/mol. The van der Waals surface area contributed by atoms with Crippen molar-refractivity contribution in [2.24, 2.45) is 28.4 Å². The fraction of sp³-hybridized carbons (Fsp3) is 0.938. The molecule has 5 unspecified atom stereocenters. The van der Waals surface area contributed by atoms with Crippen molar-refractivity contribution >= 4 is 5.91 Å². The van der Waals surface area contributed by atoms with Crippen LogP contribution in [0.1, 0.15) is 59.3 Å². The third kappa shape index (κ3) is 1.84. The SMILES string of the molecule is CC1(C)C2CCC1(C)C(NC(=O)C1CCC(N)C1)C2. The van der Waals surface area contributed by atoms with Crippen LogP contribution in [0.2, 0.25) is 0 Å². The van der Waals surface area contributed by atoms with Crippen molar-refractivity contribution in [1.29, 1.82) is 0 Å². The van der Waals surface area contributed by atoms with Crippen LogP contribution in [0.4, 0.5) is 0 Å². The van der Waals surface area contributed by atoms with Crippen molar-refractivity contribution in [3.63, 3.8) is 0 Å². The first-order valence-electron chi connectivity index (χ1n) is 7.90. The van der Waals surface area contributed by atoms with Crippen molar-refractivity contribution in [1.82, 2.24) is 5.32 Å². The Bertz CT molecular complexity index is 392. The quantitative estimate of drug-likeness (QED) is 0.805. The molecule has 5 atom stereocenters. The molecule has 3 N–H and O–H groups in total. The lowest BCUT2D eigenvalue weighted by atomic mass is 9.69. The van der Waals surface area contributed by atoms with Crippen molar-refractivity contribution in [2.45, 2.75) is 71.4 Å². The largest absolute Gasteiger partial charge is 0.353 e. The van der Waals surface area contributed by atoms with E-state index in [1.165, 1.54) is 19.3 Å². The maximum absolute atomic E-state index is 12.4. The average Bonchev–Trinajstić information content (AvgIpc) is 2.91. The fourth-order valence-corrected chi connectivity index (χ4v) is 4.97. The van der Waals surface area contributed by atoms with Crippen molar-refractivity contribution in [2.75, 3.05) is 0 Å². The number of fused-ring (bicyclic) bond motifs is 2. The summed E-state index contributed by atoms with van der Waals surface area (Å²) in [5, 5.41) is 3.37. The molecule has 19 heavy (non-hydrogen) atoms. The number of hydrogen-bond acceptors (Lipinski definition) is 2. The molecule has 108 valence electrons. The summed E-state index contributed by atoms with van der Waals surface area (Å²) in [7, 11) is 0. The Morgan fingerprint density at radius 1 is 1.16 bits per heavy atom. The Labute approximate surface area is 116 Å². The molecule has 0 aliphatic heterocycles. The van der Waals surface area contributed by atoms with E-state index < -0.39 is 0 Å². The first-order chi connectivity index (χ1) is 8.84. The third-order valence-corrected chi connectivity index (χ3v) is 6.95. The minimum absolute atomic E-state index is 0.167. The summed E-state index contributed by atoms with van der Waals surface area (Å²) in [4.78, 5) is 12.4. The summed E-state index contributed by atoms with van der Waals surface area (Å²) in [6.07, 6.45) is 6.64. The summed E-state index contributed by atoms with van der Waals surface area (Å²) < 4.78 is 0. The van der Waals surface area contributed by atoms with E-state index in [0.717, 1.165) is 25.2 Å². The Kier molecular flexibility index (Phi) is 2.97. The first-order valence-corrected chi connectivity index (χ1v) is 7.90. The van der Waals surface area contributed by atoms with Crippen LogP contribution in [-0.2, 0) is 4.79 Å². The zero-order valence-electron chi connectivity index (χ0n) is 12.5. The summed E-state index contributed by atoms with van der Waals surface area (Å²) in [6, 6.07) is 0.619. The smallest absolute Gasteiger partial charge is 0.223 e. The van der Waals surface area contributed by atoms with Gasteiger partial charge in [-0.3, -0.25) is 4.79 Å². The molecule has 1 amide bonds. The van der Waals surface area contributed by atoms with Gasteiger partial charge in [0.05, 0.1) is 0 Å². The third-order valence-electron chi connectivity index (χ3n) is 6.95. The van der Waals surface area contributed by atoms with E-state index in [1.807, 2.05) is 0 Å². The first kappa shape index (κ1) is 13.4. The van der Waals surface area contributed by atoms with Crippen molar-refractivity contribution in [3.8, 4) is 0 Å². The van der Waals surface area contributed by atoms with Gasteiger partial charge >= 0.3 is 0 Å². The van der Waals surface area contributed by atoms with Gasteiger partial charge < -0.3 is 11.1 Å². The van der Waals surface area contributed by atoms with E-state index in [2.05, 4.69) is 26.1 Å². The number of rotatable bonds is 2. The highest BCUT2D eigenvalue weighted by molar-refractivity contribution is 5.79. The Morgan fingerprint density at radius 2 is 1.89 bits per heavy atom. The van der Waals surface area contributed by atoms with Gasteiger partial charge in [0.2, 0.25) is 5.91 Å². The van der Waals surface area contributed by atoms with Crippen LogP contribution in [0.15, 0.2) is 0 Å². The summed E-state index contributed by atoms with van der Waals surface area (Å²) in [5.74, 6) is 1.22. The van der Waals surface area contributed by atoms with Crippen LogP contribution < -0.4 is 11.1 Å². The lowest BCUT2D eigenvalue weighted by Gasteiger charge is -2.39. The Hall–Kier alpha value is -0.570. The Morgan fingerprint density at radius 3 is 2.37 bits per heavy atom. The topological polar surface area (TPSA) is 55.1 Å². The lowest BCUT2D eigenvalue weighted by Crippen LogP contribution is -2.48. The van der Waals surface area contributed by atoms with Crippen molar-refractivity contribution in [3.05, 3.63) is 0 Å². The normalized spacial score (nSPS) is 47.6. The standard InChI is InChI=1S/C16H28N2O/c1-15(2)11-6-7-16(15,3)13(9-11)18-14(19)10-4-5-12(17)8-10/h10-13H,4-9,17H2,1-3H3,(H,18,19). The molecule has 3 aliphatic carbocycles. The lowest BCUT2D eigenvalue weighted by molar-refractivity contribution is -0.126. The molecule has 3 rings (SSSR count). The monoisotopic (exact) mass is 264 g/mol. The zero-order valence-corrected chi connectivity index (χ0v) is 12.5. The van der Waals surface area contributed by atoms with E-state index in [4.69, 9.17) is 5.73 Å². The molecule has 0 aromatic heterocycles. The van der Waals surface area contributed by atoms with Crippen LogP contribution >= 0.6 is 0 Å². The molecule has 3 aliphatic rings. The number of hydrogen-bond donors (Lipinski definition) is 2. The minimum atomic E-state index is 0.167. The van der Waals surface area contributed by atoms with Gasteiger partial charge in [0.15, 0.2) is 0 Å². The number of nitrogens with two attached hydrogens (primary N) is 1. The highest BCUT2D eigenvalue weighted by Gasteiger charge is 2.61. The molecule has 0 saturated heterocycles. The van der Waals surface area contributed by atoms with Crippen molar-refractivity contribution < 1.29 is 4.79 Å². The molecule has 3 saturated carbocycles. The maximum atomic E-state index is 12.4. The number of amides is 1.